The van der Waals surface area contributed by atoms with E-state index in [1.54, 1.807) is 0 Å². The SMILES string of the molecule is CN(c1ccccc1)C1CC2CCC(C1)N2. The highest BCUT2D eigenvalue weighted by molar-refractivity contribution is 5.46. The van der Waals surface area contributed by atoms with Crippen molar-refractivity contribution in [1.29, 1.82) is 0 Å². The Morgan fingerprint density at radius 1 is 1.06 bits per heavy atom. The van der Waals surface area contributed by atoms with Crippen molar-refractivity contribution >= 4 is 5.69 Å². The summed E-state index contributed by atoms with van der Waals surface area (Å²) in [4.78, 5) is 2.46. The molecule has 16 heavy (non-hydrogen) atoms. The van der Waals surface area contributed by atoms with Gasteiger partial charge < -0.3 is 10.2 Å². The molecule has 0 radical (unpaired) electrons. The van der Waals surface area contributed by atoms with Crippen LogP contribution in [0, 0.1) is 0 Å². The van der Waals surface area contributed by atoms with Gasteiger partial charge in [0, 0.05) is 30.9 Å². The van der Waals surface area contributed by atoms with Crippen LogP contribution in [-0.4, -0.2) is 25.2 Å². The lowest BCUT2D eigenvalue weighted by Gasteiger charge is -2.36. The third-order valence-corrected chi connectivity index (χ3v) is 4.16. The van der Waals surface area contributed by atoms with Gasteiger partial charge >= 0.3 is 0 Å². The van der Waals surface area contributed by atoms with Crippen LogP contribution in [0.1, 0.15) is 25.7 Å². The summed E-state index contributed by atoms with van der Waals surface area (Å²) in [7, 11) is 2.24. The normalized spacial score (nSPS) is 32.7. The van der Waals surface area contributed by atoms with E-state index in [1.807, 2.05) is 0 Å². The zero-order valence-electron chi connectivity index (χ0n) is 9.89. The number of hydrogen-bond acceptors (Lipinski definition) is 2. The molecule has 2 aliphatic rings. The molecular formula is C14H20N2. The molecule has 0 spiro atoms. The number of piperidine rings is 1. The average molecular weight is 216 g/mol. The third-order valence-electron chi connectivity index (χ3n) is 4.16. The number of fused-ring (bicyclic) bond motifs is 2. The minimum Gasteiger partial charge on any atom is -0.371 e. The summed E-state index contributed by atoms with van der Waals surface area (Å²) in [5.41, 5.74) is 1.36. The molecule has 2 heterocycles. The van der Waals surface area contributed by atoms with Crippen molar-refractivity contribution in [3.8, 4) is 0 Å². The second kappa shape index (κ2) is 4.10. The van der Waals surface area contributed by atoms with Crippen LogP contribution in [0.5, 0.6) is 0 Å². The number of nitrogens with one attached hydrogen (secondary N) is 1. The lowest BCUT2D eigenvalue weighted by Crippen LogP contribution is -2.47. The van der Waals surface area contributed by atoms with Crippen molar-refractivity contribution in [3.05, 3.63) is 30.3 Å². The van der Waals surface area contributed by atoms with Gasteiger partial charge in [0.25, 0.3) is 0 Å². The molecule has 2 atom stereocenters. The molecule has 1 aromatic carbocycles. The molecule has 2 saturated heterocycles. The number of hydrogen-bond donors (Lipinski definition) is 1. The van der Waals surface area contributed by atoms with Gasteiger partial charge in [-0.05, 0) is 37.8 Å². The summed E-state index contributed by atoms with van der Waals surface area (Å²) in [5.74, 6) is 0. The molecule has 0 aliphatic carbocycles. The first-order chi connectivity index (χ1) is 7.83. The van der Waals surface area contributed by atoms with Gasteiger partial charge in [-0.3, -0.25) is 0 Å². The van der Waals surface area contributed by atoms with E-state index in [9.17, 15) is 0 Å². The number of rotatable bonds is 2. The number of benzene rings is 1. The molecule has 0 amide bonds. The zero-order valence-corrected chi connectivity index (χ0v) is 9.89. The van der Waals surface area contributed by atoms with E-state index in [0.717, 1.165) is 18.1 Å². The Hall–Kier alpha value is -1.02. The molecule has 2 unspecified atom stereocenters. The molecule has 2 heteroatoms. The van der Waals surface area contributed by atoms with E-state index in [1.165, 1.54) is 31.4 Å². The summed E-state index contributed by atoms with van der Waals surface area (Å²) in [6, 6.07) is 13.0. The van der Waals surface area contributed by atoms with E-state index >= 15 is 0 Å². The van der Waals surface area contributed by atoms with Crippen LogP contribution in [0.4, 0.5) is 5.69 Å². The van der Waals surface area contributed by atoms with Gasteiger partial charge in [-0.25, -0.2) is 0 Å². The fraction of sp³-hybridized carbons (Fsp3) is 0.571. The Balaban J connectivity index is 1.73. The molecule has 0 aromatic heterocycles. The van der Waals surface area contributed by atoms with Gasteiger partial charge in [0.05, 0.1) is 0 Å². The second-order valence-corrected chi connectivity index (χ2v) is 5.21. The maximum Gasteiger partial charge on any atom is 0.0366 e. The van der Waals surface area contributed by atoms with E-state index in [2.05, 4.69) is 47.6 Å². The van der Waals surface area contributed by atoms with Crippen LogP contribution in [0.3, 0.4) is 0 Å². The predicted octanol–water partition coefficient (Wildman–Crippen LogP) is 2.41. The Labute approximate surface area is 97.6 Å². The topological polar surface area (TPSA) is 15.3 Å². The fourth-order valence-corrected chi connectivity index (χ4v) is 3.22. The summed E-state index contributed by atoms with van der Waals surface area (Å²) in [6.45, 7) is 0. The second-order valence-electron chi connectivity index (χ2n) is 5.21. The highest BCUT2D eigenvalue weighted by atomic mass is 15.2. The Kier molecular flexibility index (Phi) is 2.60. The predicted molar refractivity (Wildman–Crippen MR) is 67.8 cm³/mol. The standard InChI is InChI=1S/C14H20N2/c1-16(13-5-3-2-4-6-13)14-9-11-7-8-12(10-14)15-11/h2-6,11-12,14-15H,7-10H2,1H3. The summed E-state index contributed by atoms with van der Waals surface area (Å²) < 4.78 is 0. The third kappa shape index (κ3) is 1.82. The van der Waals surface area contributed by atoms with E-state index in [4.69, 9.17) is 0 Å². The lowest BCUT2D eigenvalue weighted by atomic mass is 9.98. The van der Waals surface area contributed by atoms with Gasteiger partial charge in [-0.2, -0.15) is 0 Å². The smallest absolute Gasteiger partial charge is 0.0366 e. The van der Waals surface area contributed by atoms with Crippen LogP contribution in [0.2, 0.25) is 0 Å². The first-order valence-corrected chi connectivity index (χ1v) is 6.37. The Bertz CT molecular complexity index is 337. The minimum atomic E-state index is 0.723. The fourth-order valence-electron chi connectivity index (χ4n) is 3.22. The monoisotopic (exact) mass is 216 g/mol. The summed E-state index contributed by atoms with van der Waals surface area (Å²) in [6.07, 6.45) is 5.37. The Morgan fingerprint density at radius 3 is 2.31 bits per heavy atom. The molecule has 2 nitrogen and oxygen atoms in total. The molecule has 2 fully saturated rings. The van der Waals surface area contributed by atoms with Crippen LogP contribution in [0.15, 0.2) is 30.3 Å². The van der Waals surface area contributed by atoms with Gasteiger partial charge in [0.1, 0.15) is 0 Å². The quantitative estimate of drug-likeness (QED) is 0.816. The maximum absolute atomic E-state index is 3.70. The molecule has 1 aromatic rings. The lowest BCUT2D eigenvalue weighted by molar-refractivity contribution is 0.355. The Morgan fingerprint density at radius 2 is 1.69 bits per heavy atom. The number of nitrogens with zero attached hydrogens (tertiary/aromatic N) is 1. The number of anilines is 1. The van der Waals surface area contributed by atoms with Gasteiger partial charge in [0.2, 0.25) is 0 Å². The summed E-state index contributed by atoms with van der Waals surface area (Å²) in [5, 5.41) is 3.70. The van der Waals surface area contributed by atoms with Crippen LogP contribution < -0.4 is 10.2 Å². The zero-order chi connectivity index (χ0) is 11.0. The highest BCUT2D eigenvalue weighted by Gasteiger charge is 2.35. The van der Waals surface area contributed by atoms with Crippen molar-refractivity contribution in [2.24, 2.45) is 0 Å². The molecule has 86 valence electrons. The van der Waals surface area contributed by atoms with Crippen LogP contribution in [0.25, 0.3) is 0 Å². The molecule has 2 aliphatic heterocycles. The largest absolute Gasteiger partial charge is 0.371 e. The van der Waals surface area contributed by atoms with Crippen molar-refractivity contribution in [3.63, 3.8) is 0 Å². The van der Waals surface area contributed by atoms with Gasteiger partial charge in [0.15, 0.2) is 0 Å². The first-order valence-electron chi connectivity index (χ1n) is 6.37. The van der Waals surface area contributed by atoms with Gasteiger partial charge in [-0.15, -0.1) is 0 Å². The maximum atomic E-state index is 3.70. The minimum absolute atomic E-state index is 0.723. The highest BCUT2D eigenvalue weighted by Crippen LogP contribution is 2.31. The average Bonchev–Trinajstić information content (AvgIpc) is 2.68. The molecule has 2 bridgehead atoms. The van der Waals surface area contributed by atoms with Crippen molar-refractivity contribution in [2.45, 2.75) is 43.8 Å². The molecule has 3 rings (SSSR count). The first kappa shape index (κ1) is 10.2. The van der Waals surface area contributed by atoms with Crippen molar-refractivity contribution < 1.29 is 0 Å². The molecule has 0 saturated carbocycles. The van der Waals surface area contributed by atoms with Gasteiger partial charge in [-0.1, -0.05) is 18.2 Å². The van der Waals surface area contributed by atoms with Crippen LogP contribution >= 0.6 is 0 Å². The van der Waals surface area contributed by atoms with E-state index < -0.39 is 0 Å². The summed E-state index contributed by atoms with van der Waals surface area (Å²) >= 11 is 0. The van der Waals surface area contributed by atoms with E-state index in [-0.39, 0.29) is 0 Å². The molecule has 1 N–H and O–H groups in total. The number of para-hydroxylation sites is 1. The van der Waals surface area contributed by atoms with E-state index in [0.29, 0.717) is 0 Å². The van der Waals surface area contributed by atoms with Crippen molar-refractivity contribution in [1.82, 2.24) is 5.32 Å². The van der Waals surface area contributed by atoms with Crippen molar-refractivity contribution in [2.75, 3.05) is 11.9 Å². The molecular weight excluding hydrogens is 196 g/mol. The van der Waals surface area contributed by atoms with Crippen LogP contribution in [-0.2, 0) is 0 Å².